The monoisotopic (exact) mass is 380 g/mol. The molecule has 1 saturated carbocycles. The zero-order valence-corrected chi connectivity index (χ0v) is 18.7. The number of carbonyl (C=O) groups is 2. The SMILES string of the molecule is CCOC(=O)[C@H]1C(=O)C(C)=C2CC[C@H](O[Si](C(C)C)(C(C)C)C(C)C)[C@@H]21. The topological polar surface area (TPSA) is 52.6 Å². The van der Waals surface area contributed by atoms with Gasteiger partial charge in [-0.3, -0.25) is 9.59 Å². The molecule has 0 amide bonds. The van der Waals surface area contributed by atoms with Crippen LogP contribution in [0.5, 0.6) is 0 Å². The highest BCUT2D eigenvalue weighted by atomic mass is 28.4. The van der Waals surface area contributed by atoms with Crippen LogP contribution in [0, 0.1) is 11.8 Å². The summed E-state index contributed by atoms with van der Waals surface area (Å²) in [6.45, 7) is 17.6. The first kappa shape index (κ1) is 21.4. The van der Waals surface area contributed by atoms with E-state index in [4.69, 9.17) is 9.16 Å². The van der Waals surface area contributed by atoms with Gasteiger partial charge >= 0.3 is 5.97 Å². The molecule has 1 fully saturated rings. The number of hydrogen-bond acceptors (Lipinski definition) is 4. The van der Waals surface area contributed by atoms with Gasteiger partial charge in [0.1, 0.15) is 5.92 Å². The smallest absolute Gasteiger partial charge is 0.317 e. The Balaban J connectivity index is 2.38. The van der Waals surface area contributed by atoms with E-state index in [9.17, 15) is 9.59 Å². The predicted molar refractivity (Wildman–Crippen MR) is 106 cm³/mol. The number of fused-ring (bicyclic) bond motifs is 1. The molecule has 0 aromatic heterocycles. The Hall–Kier alpha value is -0.943. The standard InChI is InChI=1S/C21H36O4Si/c1-9-24-21(23)19-18-16(15(8)20(19)22)10-11-17(18)25-26(12(2)3,13(4)5)14(6)7/h12-14,17-19H,9-11H2,1-8H3/t17-,18+,19+/m0/s1. The summed E-state index contributed by atoms with van der Waals surface area (Å²) in [7, 11) is -2.07. The van der Waals surface area contributed by atoms with Crippen LogP contribution >= 0.6 is 0 Å². The molecule has 0 radical (unpaired) electrons. The third-order valence-electron chi connectivity index (χ3n) is 6.60. The van der Waals surface area contributed by atoms with Crippen LogP contribution in [0.2, 0.25) is 16.6 Å². The van der Waals surface area contributed by atoms with Crippen molar-refractivity contribution in [3.63, 3.8) is 0 Å². The fourth-order valence-corrected chi connectivity index (χ4v) is 11.2. The maximum atomic E-state index is 12.7. The van der Waals surface area contributed by atoms with Gasteiger partial charge in [-0.2, -0.15) is 0 Å². The second-order valence-electron chi connectivity index (χ2n) is 8.78. The fourth-order valence-electron chi connectivity index (χ4n) is 5.56. The molecule has 0 aromatic carbocycles. The number of allylic oxidation sites excluding steroid dienone is 1. The molecule has 0 spiro atoms. The number of Topliss-reactive ketones (excluding diaryl/α,β-unsaturated/α-hetero) is 1. The van der Waals surface area contributed by atoms with Crippen molar-refractivity contribution >= 4 is 20.1 Å². The largest absolute Gasteiger partial charge is 0.465 e. The summed E-state index contributed by atoms with van der Waals surface area (Å²) in [6, 6.07) is 0. The molecule has 5 heteroatoms. The van der Waals surface area contributed by atoms with Gasteiger partial charge in [0.05, 0.1) is 12.7 Å². The van der Waals surface area contributed by atoms with E-state index in [2.05, 4.69) is 41.5 Å². The highest BCUT2D eigenvalue weighted by Gasteiger charge is 2.55. The number of ketones is 1. The van der Waals surface area contributed by atoms with Crippen LogP contribution in [0.1, 0.15) is 68.2 Å². The van der Waals surface area contributed by atoms with Crippen molar-refractivity contribution in [1.82, 2.24) is 0 Å². The Morgan fingerprint density at radius 1 is 1.12 bits per heavy atom. The van der Waals surface area contributed by atoms with Crippen molar-refractivity contribution in [2.75, 3.05) is 6.61 Å². The molecular formula is C21H36O4Si. The number of hydrogen-bond donors (Lipinski definition) is 0. The number of carbonyl (C=O) groups excluding carboxylic acids is 2. The van der Waals surface area contributed by atoms with Crippen LogP contribution in [0.3, 0.4) is 0 Å². The minimum absolute atomic E-state index is 0.0420. The van der Waals surface area contributed by atoms with Crippen LogP contribution in [0.25, 0.3) is 0 Å². The minimum atomic E-state index is -2.07. The van der Waals surface area contributed by atoms with Crippen LogP contribution in [-0.4, -0.2) is 32.8 Å². The van der Waals surface area contributed by atoms with Gasteiger partial charge in [-0.05, 0) is 48.9 Å². The summed E-state index contributed by atoms with van der Waals surface area (Å²) in [5.74, 6) is -1.25. The second-order valence-corrected chi connectivity index (χ2v) is 14.2. The summed E-state index contributed by atoms with van der Waals surface area (Å²) in [5.41, 5.74) is 3.35. The van der Waals surface area contributed by atoms with Gasteiger partial charge < -0.3 is 9.16 Å². The first-order chi connectivity index (χ1) is 12.1. The normalized spacial score (nSPS) is 26.4. The molecule has 4 nitrogen and oxygen atoms in total. The summed E-state index contributed by atoms with van der Waals surface area (Å²) in [6.07, 6.45) is 1.72. The quantitative estimate of drug-likeness (QED) is 0.353. The highest BCUT2D eigenvalue weighted by Crippen LogP contribution is 2.51. The molecule has 0 heterocycles. The van der Waals surface area contributed by atoms with Crippen molar-refractivity contribution in [3.8, 4) is 0 Å². The summed E-state index contributed by atoms with van der Waals surface area (Å²) in [5, 5.41) is 0. The van der Waals surface area contributed by atoms with E-state index in [1.165, 1.54) is 0 Å². The summed E-state index contributed by atoms with van der Waals surface area (Å²) < 4.78 is 12.2. The lowest BCUT2D eigenvalue weighted by Gasteiger charge is -2.45. The van der Waals surface area contributed by atoms with Crippen molar-refractivity contribution in [1.29, 1.82) is 0 Å². The third-order valence-corrected chi connectivity index (χ3v) is 12.7. The molecule has 0 aliphatic heterocycles. The summed E-state index contributed by atoms with van der Waals surface area (Å²) >= 11 is 0. The van der Waals surface area contributed by atoms with Gasteiger partial charge in [0.15, 0.2) is 5.78 Å². The van der Waals surface area contributed by atoms with Gasteiger partial charge in [0, 0.05) is 5.92 Å². The Bertz CT molecular complexity index is 569. The van der Waals surface area contributed by atoms with Crippen LogP contribution in [-0.2, 0) is 18.8 Å². The summed E-state index contributed by atoms with van der Waals surface area (Å²) in [4.78, 5) is 25.3. The lowest BCUT2D eigenvalue weighted by molar-refractivity contribution is -0.152. The van der Waals surface area contributed by atoms with Gasteiger partial charge in [-0.25, -0.2) is 0 Å². The predicted octanol–water partition coefficient (Wildman–Crippen LogP) is 5.04. The van der Waals surface area contributed by atoms with Crippen molar-refractivity contribution in [2.45, 2.75) is 91.0 Å². The Labute approximate surface area is 159 Å². The van der Waals surface area contributed by atoms with Crippen molar-refractivity contribution < 1.29 is 18.8 Å². The Morgan fingerprint density at radius 2 is 1.65 bits per heavy atom. The average Bonchev–Trinajstić information content (AvgIpc) is 3.04. The zero-order chi connectivity index (χ0) is 19.8. The molecule has 0 N–H and O–H groups in total. The van der Waals surface area contributed by atoms with Gasteiger partial charge in [-0.1, -0.05) is 47.1 Å². The maximum absolute atomic E-state index is 12.7. The average molecular weight is 381 g/mol. The second kappa shape index (κ2) is 7.97. The third kappa shape index (κ3) is 3.33. The van der Waals surface area contributed by atoms with E-state index in [0.29, 0.717) is 23.2 Å². The Morgan fingerprint density at radius 3 is 2.12 bits per heavy atom. The van der Waals surface area contributed by atoms with E-state index in [-0.39, 0.29) is 23.8 Å². The minimum Gasteiger partial charge on any atom is -0.465 e. The first-order valence-corrected chi connectivity index (χ1v) is 12.3. The molecular weight excluding hydrogens is 344 g/mol. The van der Waals surface area contributed by atoms with E-state index >= 15 is 0 Å². The lowest BCUT2D eigenvalue weighted by atomic mass is 9.90. The number of ether oxygens (including phenoxy) is 1. The molecule has 26 heavy (non-hydrogen) atoms. The van der Waals surface area contributed by atoms with E-state index in [1.54, 1.807) is 6.92 Å². The number of esters is 1. The molecule has 0 bridgehead atoms. The van der Waals surface area contributed by atoms with Gasteiger partial charge in [0.2, 0.25) is 8.32 Å². The van der Waals surface area contributed by atoms with Crippen LogP contribution in [0.15, 0.2) is 11.1 Å². The zero-order valence-electron chi connectivity index (χ0n) is 17.7. The van der Waals surface area contributed by atoms with E-state index in [1.807, 2.05) is 6.92 Å². The molecule has 2 aliphatic carbocycles. The maximum Gasteiger partial charge on any atom is 0.317 e. The Kier molecular flexibility index (Phi) is 6.55. The molecule has 3 atom stereocenters. The molecule has 0 unspecified atom stereocenters. The van der Waals surface area contributed by atoms with Crippen LogP contribution in [0.4, 0.5) is 0 Å². The van der Waals surface area contributed by atoms with Crippen LogP contribution < -0.4 is 0 Å². The fraction of sp³-hybridized carbons (Fsp3) is 0.810. The molecule has 0 saturated heterocycles. The highest BCUT2D eigenvalue weighted by molar-refractivity contribution is 6.77. The molecule has 148 valence electrons. The van der Waals surface area contributed by atoms with E-state index < -0.39 is 14.2 Å². The van der Waals surface area contributed by atoms with Gasteiger partial charge in [0.25, 0.3) is 0 Å². The molecule has 2 rings (SSSR count). The van der Waals surface area contributed by atoms with Crippen molar-refractivity contribution in [3.05, 3.63) is 11.1 Å². The van der Waals surface area contributed by atoms with Gasteiger partial charge in [-0.15, -0.1) is 0 Å². The van der Waals surface area contributed by atoms with Crippen molar-refractivity contribution in [2.24, 2.45) is 11.8 Å². The molecule has 0 aromatic rings. The lowest BCUT2D eigenvalue weighted by Crippen LogP contribution is -2.51. The number of rotatable bonds is 7. The molecule has 2 aliphatic rings. The first-order valence-electron chi connectivity index (χ1n) is 10.2. The van der Waals surface area contributed by atoms with E-state index in [0.717, 1.165) is 24.0 Å².